The van der Waals surface area contributed by atoms with Gasteiger partial charge in [-0.15, -0.1) is 0 Å². The Hall–Kier alpha value is -1.84. The minimum Gasteiger partial charge on any atom is -0.409 e. The van der Waals surface area contributed by atoms with Crippen molar-refractivity contribution in [3.63, 3.8) is 0 Å². The van der Waals surface area contributed by atoms with Crippen molar-refractivity contribution >= 4 is 21.4 Å². The van der Waals surface area contributed by atoms with E-state index in [1.165, 1.54) is 0 Å². The minimum absolute atomic E-state index is 0.0262. The van der Waals surface area contributed by atoms with Crippen molar-refractivity contribution in [1.82, 2.24) is 10.3 Å². The monoisotopic (exact) mass is 274 g/mol. The van der Waals surface area contributed by atoms with Crippen LogP contribution in [0.1, 0.15) is 18.5 Å². The van der Waals surface area contributed by atoms with Crippen LogP contribution in [-0.4, -0.2) is 43.1 Å². The average Bonchev–Trinajstić information content (AvgIpc) is 3.10. The molecule has 1 heterocycles. The molecule has 1 atom stereocenters. The lowest BCUT2D eigenvalue weighted by molar-refractivity contribution is 0.304. The van der Waals surface area contributed by atoms with Gasteiger partial charge in [-0.2, -0.15) is 0 Å². The van der Waals surface area contributed by atoms with Crippen LogP contribution in [0.2, 0.25) is 0 Å². The topological polar surface area (TPSA) is 150 Å². The molecule has 0 aromatic carbocycles. The standard InChI is InChI=1S/C8H14N6O3S/c9-7(12-15)6-8(14-17-13-6)11-3-4-18(10,16)5-1-2-5/h5,10,15H,1-4H2,(H2,9,12)(H,11,14). The van der Waals surface area contributed by atoms with Crippen molar-refractivity contribution in [2.24, 2.45) is 10.9 Å². The molecule has 1 saturated carbocycles. The molecule has 9 nitrogen and oxygen atoms in total. The third-order valence-corrected chi connectivity index (χ3v) is 4.96. The number of nitrogens with one attached hydrogen (secondary N) is 2. The minimum atomic E-state index is -2.53. The predicted octanol–water partition coefficient (Wildman–Crippen LogP) is -0.215. The van der Waals surface area contributed by atoms with Crippen LogP contribution in [0, 0.1) is 4.78 Å². The van der Waals surface area contributed by atoms with E-state index in [0.29, 0.717) is 6.54 Å². The van der Waals surface area contributed by atoms with E-state index in [1.54, 1.807) is 0 Å². The summed E-state index contributed by atoms with van der Waals surface area (Å²) < 4.78 is 24.0. The predicted molar refractivity (Wildman–Crippen MR) is 64.0 cm³/mol. The number of hydrogen-bond donors (Lipinski definition) is 4. The summed E-state index contributed by atoms with van der Waals surface area (Å²) in [7, 11) is -2.53. The molecule has 100 valence electrons. The number of nitrogens with zero attached hydrogens (tertiary/aromatic N) is 3. The molecule has 0 amide bonds. The molecule has 1 aromatic rings. The van der Waals surface area contributed by atoms with Crippen molar-refractivity contribution in [3.05, 3.63) is 5.69 Å². The number of rotatable bonds is 6. The molecule has 0 radical (unpaired) electrons. The highest BCUT2D eigenvalue weighted by molar-refractivity contribution is 7.93. The number of amidine groups is 1. The lowest BCUT2D eigenvalue weighted by Crippen LogP contribution is -2.20. The second kappa shape index (κ2) is 4.80. The third kappa shape index (κ3) is 2.70. The highest BCUT2D eigenvalue weighted by atomic mass is 32.2. The Kier molecular flexibility index (Phi) is 3.36. The Morgan fingerprint density at radius 3 is 3.00 bits per heavy atom. The SMILES string of the molecule is N=S(=O)(CCNc1nonc1/C(N)=N\O)C1CC1. The fourth-order valence-electron chi connectivity index (χ4n) is 1.46. The molecular weight excluding hydrogens is 260 g/mol. The maximum absolute atomic E-state index is 11.8. The molecule has 1 aromatic heterocycles. The number of aromatic nitrogens is 2. The van der Waals surface area contributed by atoms with Gasteiger partial charge in [-0.05, 0) is 23.2 Å². The van der Waals surface area contributed by atoms with Crippen molar-refractivity contribution in [3.8, 4) is 0 Å². The molecule has 1 unspecified atom stereocenters. The van der Waals surface area contributed by atoms with Gasteiger partial charge in [-0.1, -0.05) is 5.16 Å². The van der Waals surface area contributed by atoms with Crippen molar-refractivity contribution < 1.29 is 14.0 Å². The van der Waals surface area contributed by atoms with Crippen LogP contribution in [-0.2, 0) is 9.73 Å². The molecule has 0 spiro atoms. The van der Waals surface area contributed by atoms with Gasteiger partial charge in [0.05, 0.1) is 0 Å². The quantitative estimate of drug-likeness (QED) is 0.242. The van der Waals surface area contributed by atoms with E-state index in [4.69, 9.17) is 15.7 Å². The largest absolute Gasteiger partial charge is 0.409 e. The van der Waals surface area contributed by atoms with Crippen molar-refractivity contribution in [2.45, 2.75) is 18.1 Å². The lowest BCUT2D eigenvalue weighted by Gasteiger charge is -2.06. The van der Waals surface area contributed by atoms with E-state index in [-0.39, 0.29) is 28.4 Å². The first-order valence-corrected chi connectivity index (χ1v) is 7.13. The van der Waals surface area contributed by atoms with Gasteiger partial charge in [-0.3, -0.25) is 4.78 Å². The molecular formula is C8H14N6O3S. The van der Waals surface area contributed by atoms with Gasteiger partial charge in [0.15, 0.2) is 11.5 Å². The maximum Gasteiger partial charge on any atom is 0.202 e. The number of oxime groups is 1. The fraction of sp³-hybridized carbons (Fsp3) is 0.625. The van der Waals surface area contributed by atoms with Gasteiger partial charge in [-0.25, -0.2) is 8.84 Å². The van der Waals surface area contributed by atoms with E-state index in [9.17, 15) is 4.21 Å². The van der Waals surface area contributed by atoms with Gasteiger partial charge in [0.1, 0.15) is 0 Å². The van der Waals surface area contributed by atoms with E-state index >= 15 is 0 Å². The summed E-state index contributed by atoms with van der Waals surface area (Å²) in [5.41, 5.74) is 5.44. The number of anilines is 1. The maximum atomic E-state index is 11.8. The third-order valence-electron chi connectivity index (χ3n) is 2.60. The number of hydrogen-bond acceptors (Lipinski definition) is 8. The summed E-state index contributed by atoms with van der Waals surface area (Å²) in [6, 6.07) is 0. The van der Waals surface area contributed by atoms with Crippen LogP contribution in [0.5, 0.6) is 0 Å². The smallest absolute Gasteiger partial charge is 0.202 e. The van der Waals surface area contributed by atoms with Gasteiger partial charge in [0.2, 0.25) is 5.82 Å². The second-order valence-corrected chi connectivity index (χ2v) is 6.53. The Labute approximate surface area is 103 Å². The summed E-state index contributed by atoms with van der Waals surface area (Å²) in [6.45, 7) is 0.290. The van der Waals surface area contributed by atoms with E-state index in [1.807, 2.05) is 0 Å². The molecule has 1 fully saturated rings. The summed E-state index contributed by atoms with van der Waals surface area (Å²) in [6.07, 6.45) is 1.73. The van der Waals surface area contributed by atoms with Gasteiger partial charge >= 0.3 is 0 Å². The molecule has 1 aliphatic rings. The molecule has 0 aliphatic heterocycles. The fourth-order valence-corrected chi connectivity index (χ4v) is 3.09. The zero-order valence-corrected chi connectivity index (χ0v) is 10.3. The zero-order chi connectivity index (χ0) is 13.2. The molecule has 10 heteroatoms. The first kappa shape index (κ1) is 12.6. The Bertz CT molecular complexity index is 547. The van der Waals surface area contributed by atoms with Crippen LogP contribution in [0.15, 0.2) is 9.78 Å². The molecule has 2 rings (SSSR count). The summed E-state index contributed by atoms with van der Waals surface area (Å²) in [4.78, 5) is 0. The van der Waals surface area contributed by atoms with Gasteiger partial charge in [0.25, 0.3) is 0 Å². The van der Waals surface area contributed by atoms with Gasteiger partial charge < -0.3 is 16.3 Å². The van der Waals surface area contributed by atoms with Crippen LogP contribution in [0.4, 0.5) is 5.82 Å². The van der Waals surface area contributed by atoms with Crippen LogP contribution < -0.4 is 11.1 Å². The molecule has 1 aliphatic carbocycles. The van der Waals surface area contributed by atoms with Crippen LogP contribution in [0.3, 0.4) is 0 Å². The van der Waals surface area contributed by atoms with Crippen LogP contribution >= 0.6 is 0 Å². The average molecular weight is 274 g/mol. The van der Waals surface area contributed by atoms with Crippen molar-refractivity contribution in [2.75, 3.05) is 17.6 Å². The van der Waals surface area contributed by atoms with E-state index in [0.717, 1.165) is 12.8 Å². The Morgan fingerprint density at radius 2 is 2.39 bits per heavy atom. The lowest BCUT2D eigenvalue weighted by atomic mass is 10.4. The first-order chi connectivity index (χ1) is 8.54. The molecule has 18 heavy (non-hydrogen) atoms. The molecule has 0 saturated heterocycles. The Balaban J connectivity index is 1.93. The summed E-state index contributed by atoms with van der Waals surface area (Å²) in [5.74, 6) is 0.198. The summed E-state index contributed by atoms with van der Waals surface area (Å²) >= 11 is 0. The Morgan fingerprint density at radius 1 is 1.67 bits per heavy atom. The highest BCUT2D eigenvalue weighted by Crippen LogP contribution is 2.29. The van der Waals surface area contributed by atoms with Gasteiger partial charge in [0, 0.05) is 27.3 Å². The van der Waals surface area contributed by atoms with Crippen LogP contribution in [0.25, 0.3) is 0 Å². The first-order valence-electron chi connectivity index (χ1n) is 5.34. The van der Waals surface area contributed by atoms with Crippen molar-refractivity contribution in [1.29, 1.82) is 4.78 Å². The number of nitrogens with two attached hydrogens (primary N) is 1. The zero-order valence-electron chi connectivity index (χ0n) is 9.50. The molecule has 0 bridgehead atoms. The summed E-state index contributed by atoms with van der Waals surface area (Å²) in [5, 5.41) is 21.1. The normalized spacial score (nSPS) is 19.4. The van der Waals surface area contributed by atoms with E-state index in [2.05, 4.69) is 25.4 Å². The molecule has 5 N–H and O–H groups in total. The second-order valence-electron chi connectivity index (χ2n) is 4.00. The highest BCUT2D eigenvalue weighted by Gasteiger charge is 2.32. The van der Waals surface area contributed by atoms with E-state index < -0.39 is 9.73 Å².